The van der Waals surface area contributed by atoms with Crippen molar-refractivity contribution in [3.8, 4) is 0 Å². The van der Waals surface area contributed by atoms with Gasteiger partial charge in [-0.05, 0) is 31.6 Å². The number of nitrogens with two attached hydrogens (primary N) is 1. The quantitative estimate of drug-likeness (QED) is 0.249. The summed E-state index contributed by atoms with van der Waals surface area (Å²) >= 11 is 4.84. The Balaban J connectivity index is 2.75. The van der Waals surface area contributed by atoms with Gasteiger partial charge in [-0.3, -0.25) is 10.1 Å². The van der Waals surface area contributed by atoms with Crippen LogP contribution in [0.5, 0.6) is 0 Å². The Morgan fingerprint density at radius 1 is 1.33 bits per heavy atom. The lowest BCUT2D eigenvalue weighted by Crippen LogP contribution is -2.39. The van der Waals surface area contributed by atoms with E-state index >= 15 is 0 Å². The molecule has 160 valence electrons. The number of esters is 2. The number of carbonyl (C=O) groups is 2. The normalized spacial score (nSPS) is 15.9. The first kappa shape index (κ1) is 22.8. The zero-order valence-corrected chi connectivity index (χ0v) is 17.5. The Kier molecular flexibility index (Phi) is 7.48. The second-order valence-electron chi connectivity index (χ2n) is 6.27. The lowest BCUT2D eigenvalue weighted by molar-refractivity contribution is -0.384. The Morgan fingerprint density at radius 3 is 2.60 bits per heavy atom. The van der Waals surface area contributed by atoms with Crippen LogP contribution < -0.4 is 16.4 Å². The molecule has 0 aliphatic carbocycles. The molecule has 0 saturated carbocycles. The van der Waals surface area contributed by atoms with Crippen molar-refractivity contribution in [1.29, 1.82) is 0 Å². The van der Waals surface area contributed by atoms with E-state index in [9.17, 15) is 19.7 Å². The van der Waals surface area contributed by atoms with Crippen LogP contribution in [0.4, 0.5) is 5.69 Å². The maximum Gasteiger partial charge on any atom is 0.336 e. The Morgan fingerprint density at radius 2 is 2.03 bits per heavy atom. The minimum Gasteiger partial charge on any atom is -0.466 e. The highest BCUT2D eigenvalue weighted by atomic mass is 32.1. The summed E-state index contributed by atoms with van der Waals surface area (Å²) in [5.74, 6) is -2.32. The molecule has 1 aliphatic heterocycles. The number of carbonyl (C=O) groups excluding carboxylic acids is 2. The van der Waals surface area contributed by atoms with Gasteiger partial charge in [0.05, 0.1) is 42.2 Å². The number of nitro groups is 1. The van der Waals surface area contributed by atoms with Crippen LogP contribution >= 0.6 is 12.2 Å². The van der Waals surface area contributed by atoms with Gasteiger partial charge in [0.2, 0.25) is 0 Å². The van der Waals surface area contributed by atoms with E-state index < -0.39 is 22.8 Å². The summed E-state index contributed by atoms with van der Waals surface area (Å²) in [6.45, 7) is 3.43. The standard InChI is InChI=1S/C19H22N4O6S/c1-4-29-18(25)16-13(9-21-19(20)30)22-10(2)14(17(24)28-3)15(16)11-6-5-7-12(8-11)23(26)27/h5-8,15,22H,4,9H2,1-3H3,(H3,20,21,30). The van der Waals surface area contributed by atoms with Crippen LogP contribution in [0.2, 0.25) is 0 Å². The van der Waals surface area contributed by atoms with Crippen molar-refractivity contribution < 1.29 is 24.0 Å². The molecule has 1 aliphatic rings. The molecule has 1 heterocycles. The van der Waals surface area contributed by atoms with Crippen LogP contribution in [0.15, 0.2) is 46.8 Å². The number of hydrogen-bond acceptors (Lipinski definition) is 8. The Bertz CT molecular complexity index is 956. The fraction of sp³-hybridized carbons (Fsp3) is 0.316. The van der Waals surface area contributed by atoms with Gasteiger partial charge in [0.25, 0.3) is 5.69 Å². The van der Waals surface area contributed by atoms with Crippen molar-refractivity contribution in [1.82, 2.24) is 10.6 Å². The second kappa shape index (κ2) is 9.83. The van der Waals surface area contributed by atoms with Crippen LogP contribution in [0, 0.1) is 10.1 Å². The molecule has 4 N–H and O–H groups in total. The largest absolute Gasteiger partial charge is 0.466 e. The summed E-state index contributed by atoms with van der Waals surface area (Å²) < 4.78 is 10.1. The van der Waals surface area contributed by atoms with Crippen LogP contribution in [0.1, 0.15) is 25.3 Å². The van der Waals surface area contributed by atoms with E-state index in [2.05, 4.69) is 10.6 Å². The zero-order chi connectivity index (χ0) is 22.4. The van der Waals surface area contributed by atoms with Gasteiger partial charge in [0.1, 0.15) is 0 Å². The molecule has 0 radical (unpaired) electrons. The monoisotopic (exact) mass is 434 g/mol. The van der Waals surface area contributed by atoms with E-state index in [0.717, 1.165) is 0 Å². The number of dihydropyridines is 1. The fourth-order valence-corrected chi connectivity index (χ4v) is 3.27. The lowest BCUT2D eigenvalue weighted by Gasteiger charge is -2.31. The average molecular weight is 434 g/mol. The van der Waals surface area contributed by atoms with Gasteiger partial charge in [-0.15, -0.1) is 0 Å². The molecule has 1 aromatic rings. The third kappa shape index (κ3) is 4.92. The van der Waals surface area contributed by atoms with Gasteiger partial charge in [0, 0.05) is 23.5 Å². The number of ether oxygens (including phenoxy) is 2. The van der Waals surface area contributed by atoms with Gasteiger partial charge < -0.3 is 25.8 Å². The smallest absolute Gasteiger partial charge is 0.336 e. The number of thiocarbonyl (C=S) groups is 1. The highest BCUT2D eigenvalue weighted by Gasteiger charge is 2.39. The zero-order valence-electron chi connectivity index (χ0n) is 16.7. The van der Waals surface area contributed by atoms with Crippen LogP contribution in [0.3, 0.4) is 0 Å². The number of hydrogen-bond donors (Lipinski definition) is 3. The molecule has 0 saturated heterocycles. The molecule has 0 amide bonds. The summed E-state index contributed by atoms with van der Waals surface area (Å²) in [6, 6.07) is 5.71. The summed E-state index contributed by atoms with van der Waals surface area (Å²) in [5, 5.41) is 17.1. The first-order valence-corrected chi connectivity index (χ1v) is 9.35. The molecule has 11 heteroatoms. The number of non-ortho nitro benzene ring substituents is 1. The molecule has 0 aromatic heterocycles. The van der Waals surface area contributed by atoms with E-state index in [1.165, 1.54) is 25.3 Å². The van der Waals surface area contributed by atoms with Crippen molar-refractivity contribution in [2.75, 3.05) is 20.3 Å². The molecule has 2 rings (SSSR count). The number of nitrogens with zero attached hydrogens (tertiary/aromatic N) is 1. The van der Waals surface area contributed by atoms with Crippen LogP contribution in [0.25, 0.3) is 0 Å². The summed E-state index contributed by atoms with van der Waals surface area (Å²) in [6.07, 6.45) is 0. The van der Waals surface area contributed by atoms with Gasteiger partial charge >= 0.3 is 11.9 Å². The summed E-state index contributed by atoms with van der Waals surface area (Å²) in [5.41, 5.74) is 6.74. The van der Waals surface area contributed by atoms with Crippen LogP contribution in [-0.2, 0) is 19.1 Å². The van der Waals surface area contributed by atoms with Gasteiger partial charge in [0.15, 0.2) is 5.11 Å². The van der Waals surface area contributed by atoms with Crippen LogP contribution in [-0.4, -0.2) is 42.2 Å². The first-order valence-electron chi connectivity index (χ1n) is 8.95. The maximum absolute atomic E-state index is 12.9. The van der Waals surface area contributed by atoms with Gasteiger partial charge in [-0.2, -0.15) is 0 Å². The molecular weight excluding hydrogens is 412 g/mol. The van der Waals surface area contributed by atoms with Crippen molar-refractivity contribution in [3.05, 3.63) is 62.5 Å². The highest BCUT2D eigenvalue weighted by Crippen LogP contribution is 2.40. The predicted molar refractivity (Wildman–Crippen MR) is 112 cm³/mol. The number of methoxy groups -OCH3 is 1. The number of rotatable bonds is 7. The highest BCUT2D eigenvalue weighted by molar-refractivity contribution is 7.80. The molecule has 1 aromatic carbocycles. The van der Waals surface area contributed by atoms with Crippen molar-refractivity contribution in [2.24, 2.45) is 5.73 Å². The average Bonchev–Trinajstić information content (AvgIpc) is 2.71. The van der Waals surface area contributed by atoms with Gasteiger partial charge in [-0.25, -0.2) is 9.59 Å². The lowest BCUT2D eigenvalue weighted by atomic mass is 9.80. The van der Waals surface area contributed by atoms with Gasteiger partial charge in [-0.1, -0.05) is 12.1 Å². The van der Waals surface area contributed by atoms with E-state index in [1.807, 2.05) is 0 Å². The predicted octanol–water partition coefficient (Wildman–Crippen LogP) is 1.38. The van der Waals surface area contributed by atoms with E-state index in [0.29, 0.717) is 17.0 Å². The molecule has 0 spiro atoms. The second-order valence-corrected chi connectivity index (χ2v) is 6.71. The van der Waals surface area contributed by atoms with Crippen molar-refractivity contribution >= 4 is 35.0 Å². The molecule has 10 nitrogen and oxygen atoms in total. The Hall–Kier alpha value is -3.47. The van der Waals surface area contributed by atoms with Crippen molar-refractivity contribution in [3.63, 3.8) is 0 Å². The first-order chi connectivity index (χ1) is 14.2. The third-order valence-corrected chi connectivity index (χ3v) is 4.54. The topological polar surface area (TPSA) is 146 Å². The number of benzene rings is 1. The van der Waals surface area contributed by atoms with Crippen molar-refractivity contribution in [2.45, 2.75) is 19.8 Å². The molecule has 1 atom stereocenters. The molecule has 0 bridgehead atoms. The van der Waals surface area contributed by atoms with E-state index in [1.54, 1.807) is 19.9 Å². The molecule has 30 heavy (non-hydrogen) atoms. The van der Waals surface area contributed by atoms with E-state index in [4.69, 9.17) is 27.4 Å². The third-order valence-electron chi connectivity index (χ3n) is 4.40. The molecular formula is C19H22N4O6S. The summed E-state index contributed by atoms with van der Waals surface area (Å²) in [7, 11) is 1.21. The minimum absolute atomic E-state index is 0.0137. The number of nitrogens with one attached hydrogen (secondary N) is 2. The number of allylic oxidation sites excluding steroid dienone is 1. The Labute approximate surface area is 178 Å². The maximum atomic E-state index is 12.9. The SMILES string of the molecule is CCOC(=O)C1=C(CNC(N)=S)NC(C)=C(C(=O)OC)C1c1cccc([N+](=O)[O-])c1. The number of nitro benzene ring substituents is 1. The minimum atomic E-state index is -0.958. The fourth-order valence-electron chi connectivity index (χ4n) is 3.19. The molecule has 0 fully saturated rings. The molecule has 1 unspecified atom stereocenters. The van der Waals surface area contributed by atoms with E-state index in [-0.39, 0.29) is 35.1 Å². The summed E-state index contributed by atoms with van der Waals surface area (Å²) in [4.78, 5) is 36.2.